The zero-order valence-corrected chi connectivity index (χ0v) is 11.8. The molecule has 0 aliphatic heterocycles. The van der Waals surface area contributed by atoms with Gasteiger partial charge in [0.25, 0.3) is 0 Å². The average Bonchev–Trinajstić information content (AvgIpc) is 2.28. The highest BCUT2D eigenvalue weighted by Crippen LogP contribution is 2.23. The van der Waals surface area contributed by atoms with Gasteiger partial charge in [0.2, 0.25) is 0 Å². The van der Waals surface area contributed by atoms with Gasteiger partial charge in [0, 0.05) is 17.0 Å². The summed E-state index contributed by atoms with van der Waals surface area (Å²) in [5, 5.41) is 0.594. The van der Waals surface area contributed by atoms with Crippen LogP contribution in [0.2, 0.25) is 5.02 Å². The number of carbonyl (C=O) groups excluding carboxylic acids is 1. The first-order valence-electron chi connectivity index (χ1n) is 6.04. The molecule has 1 atom stereocenters. The molecule has 0 spiro atoms. The molecule has 1 unspecified atom stereocenters. The smallest absolute Gasteiger partial charge is 0.154 e. The molecule has 0 amide bonds. The van der Waals surface area contributed by atoms with E-state index < -0.39 is 6.04 Å². The Morgan fingerprint density at radius 1 is 1.44 bits per heavy atom. The van der Waals surface area contributed by atoms with Crippen molar-refractivity contribution in [2.24, 2.45) is 11.7 Å². The topological polar surface area (TPSA) is 52.3 Å². The fraction of sp³-hybridized carbons (Fsp3) is 0.500. The summed E-state index contributed by atoms with van der Waals surface area (Å²) in [5.74, 6) is 1.10. The molecule has 0 heterocycles. The summed E-state index contributed by atoms with van der Waals surface area (Å²) in [6, 6.07) is 4.83. The summed E-state index contributed by atoms with van der Waals surface area (Å²) in [4.78, 5) is 12.0. The number of carbonyl (C=O) groups is 1. The van der Waals surface area contributed by atoms with E-state index in [1.807, 2.05) is 13.8 Å². The quantitative estimate of drug-likeness (QED) is 0.864. The van der Waals surface area contributed by atoms with Crippen LogP contribution in [0.4, 0.5) is 0 Å². The number of nitrogens with two attached hydrogens (primary N) is 1. The first-order valence-corrected chi connectivity index (χ1v) is 6.42. The SMILES string of the molecule is COc1ccc(Cl)cc1CC(=O)C(N)CC(C)C. The maximum absolute atomic E-state index is 12.0. The van der Waals surface area contributed by atoms with Gasteiger partial charge in [0.15, 0.2) is 5.78 Å². The first-order chi connectivity index (χ1) is 8.43. The minimum atomic E-state index is -0.423. The maximum Gasteiger partial charge on any atom is 0.154 e. The third kappa shape index (κ3) is 4.31. The molecule has 100 valence electrons. The van der Waals surface area contributed by atoms with Crippen LogP contribution < -0.4 is 10.5 Å². The molecular formula is C14H20ClNO2. The Morgan fingerprint density at radius 2 is 2.11 bits per heavy atom. The number of ketones is 1. The third-order valence-electron chi connectivity index (χ3n) is 2.75. The molecule has 0 aliphatic rings. The second kappa shape index (κ2) is 6.76. The van der Waals surface area contributed by atoms with Gasteiger partial charge in [-0.25, -0.2) is 0 Å². The van der Waals surface area contributed by atoms with Crippen molar-refractivity contribution < 1.29 is 9.53 Å². The van der Waals surface area contributed by atoms with Gasteiger partial charge in [-0.3, -0.25) is 4.79 Å². The fourth-order valence-electron chi connectivity index (χ4n) is 1.84. The second-order valence-corrected chi connectivity index (χ2v) is 5.27. The van der Waals surface area contributed by atoms with Gasteiger partial charge in [0.05, 0.1) is 13.2 Å². The van der Waals surface area contributed by atoms with Crippen molar-refractivity contribution in [1.82, 2.24) is 0 Å². The molecule has 2 N–H and O–H groups in total. The van der Waals surface area contributed by atoms with Crippen molar-refractivity contribution in [3.8, 4) is 5.75 Å². The molecule has 0 saturated heterocycles. The van der Waals surface area contributed by atoms with Crippen molar-refractivity contribution >= 4 is 17.4 Å². The lowest BCUT2D eigenvalue weighted by Crippen LogP contribution is -2.33. The molecule has 1 rings (SSSR count). The molecule has 0 fully saturated rings. The van der Waals surface area contributed by atoms with Gasteiger partial charge in [-0.2, -0.15) is 0 Å². The van der Waals surface area contributed by atoms with Gasteiger partial charge in [-0.1, -0.05) is 25.4 Å². The summed E-state index contributed by atoms with van der Waals surface area (Å²) in [6.45, 7) is 4.10. The van der Waals surface area contributed by atoms with Gasteiger partial charge in [0.1, 0.15) is 5.75 Å². The molecule has 4 heteroatoms. The van der Waals surface area contributed by atoms with E-state index in [2.05, 4.69) is 0 Å². The lowest BCUT2D eigenvalue weighted by atomic mass is 9.96. The van der Waals surface area contributed by atoms with Crippen LogP contribution >= 0.6 is 11.6 Å². The van der Waals surface area contributed by atoms with Gasteiger partial charge >= 0.3 is 0 Å². The molecule has 18 heavy (non-hydrogen) atoms. The van der Waals surface area contributed by atoms with Crippen LogP contribution in [0.25, 0.3) is 0 Å². The van der Waals surface area contributed by atoms with Crippen molar-refractivity contribution in [3.05, 3.63) is 28.8 Å². The van der Waals surface area contributed by atoms with E-state index >= 15 is 0 Å². The fourth-order valence-corrected chi connectivity index (χ4v) is 2.04. The van der Waals surface area contributed by atoms with E-state index in [1.165, 1.54) is 0 Å². The van der Waals surface area contributed by atoms with E-state index in [1.54, 1.807) is 25.3 Å². The Bertz CT molecular complexity index is 418. The Labute approximate surface area is 113 Å². The third-order valence-corrected chi connectivity index (χ3v) is 2.98. The number of benzene rings is 1. The zero-order valence-electron chi connectivity index (χ0n) is 11.1. The van der Waals surface area contributed by atoms with Crippen molar-refractivity contribution in [1.29, 1.82) is 0 Å². The minimum absolute atomic E-state index is 0.0178. The van der Waals surface area contributed by atoms with Crippen LogP contribution in [0.1, 0.15) is 25.8 Å². The van der Waals surface area contributed by atoms with E-state index in [0.29, 0.717) is 23.1 Å². The molecule has 1 aromatic carbocycles. The molecular weight excluding hydrogens is 250 g/mol. The number of ether oxygens (including phenoxy) is 1. The molecule has 3 nitrogen and oxygen atoms in total. The predicted molar refractivity (Wildman–Crippen MR) is 74.1 cm³/mol. The Kier molecular flexibility index (Phi) is 5.63. The monoisotopic (exact) mass is 269 g/mol. The molecule has 0 aromatic heterocycles. The van der Waals surface area contributed by atoms with Crippen LogP contribution in [-0.2, 0) is 11.2 Å². The number of halogens is 1. The summed E-state index contributed by atoms with van der Waals surface area (Å²) in [5.41, 5.74) is 6.66. The molecule has 0 bridgehead atoms. The average molecular weight is 270 g/mol. The largest absolute Gasteiger partial charge is 0.496 e. The maximum atomic E-state index is 12.0. The number of hydrogen-bond acceptors (Lipinski definition) is 3. The lowest BCUT2D eigenvalue weighted by molar-refractivity contribution is -0.120. The minimum Gasteiger partial charge on any atom is -0.496 e. The highest BCUT2D eigenvalue weighted by Gasteiger charge is 2.17. The van der Waals surface area contributed by atoms with Gasteiger partial charge < -0.3 is 10.5 Å². The van der Waals surface area contributed by atoms with Crippen molar-refractivity contribution in [3.63, 3.8) is 0 Å². The first kappa shape index (κ1) is 15.0. The molecule has 0 aliphatic carbocycles. The van der Waals surface area contributed by atoms with E-state index in [9.17, 15) is 4.79 Å². The van der Waals surface area contributed by atoms with Crippen LogP contribution in [0.3, 0.4) is 0 Å². The number of hydrogen-bond donors (Lipinski definition) is 1. The van der Waals surface area contributed by atoms with Crippen molar-refractivity contribution in [2.75, 3.05) is 7.11 Å². The highest BCUT2D eigenvalue weighted by molar-refractivity contribution is 6.30. The number of methoxy groups -OCH3 is 1. The lowest BCUT2D eigenvalue weighted by Gasteiger charge is -2.14. The van der Waals surface area contributed by atoms with E-state index in [4.69, 9.17) is 22.1 Å². The van der Waals surface area contributed by atoms with Gasteiger partial charge in [-0.05, 0) is 30.5 Å². The van der Waals surface area contributed by atoms with Crippen LogP contribution in [0, 0.1) is 5.92 Å². The summed E-state index contributed by atoms with van der Waals surface area (Å²) in [6.07, 6.45) is 0.958. The standard InChI is InChI=1S/C14H20ClNO2/c1-9(2)6-12(16)13(17)8-10-7-11(15)4-5-14(10)18-3/h4-5,7,9,12H,6,8,16H2,1-3H3. The van der Waals surface area contributed by atoms with Gasteiger partial charge in [-0.15, -0.1) is 0 Å². The second-order valence-electron chi connectivity index (χ2n) is 4.84. The normalized spacial score (nSPS) is 12.6. The molecule has 0 saturated carbocycles. The van der Waals surface area contributed by atoms with Crippen LogP contribution in [0.5, 0.6) is 5.75 Å². The van der Waals surface area contributed by atoms with Crippen molar-refractivity contribution in [2.45, 2.75) is 32.7 Å². The van der Waals surface area contributed by atoms with E-state index in [-0.39, 0.29) is 12.2 Å². The number of rotatable bonds is 6. The van der Waals surface area contributed by atoms with E-state index in [0.717, 1.165) is 5.56 Å². The Morgan fingerprint density at radius 3 is 2.67 bits per heavy atom. The Balaban J connectivity index is 2.77. The van der Waals surface area contributed by atoms with Crippen LogP contribution in [0.15, 0.2) is 18.2 Å². The Hall–Kier alpha value is -1.06. The summed E-state index contributed by atoms with van der Waals surface area (Å²) < 4.78 is 5.21. The highest BCUT2D eigenvalue weighted by atomic mass is 35.5. The number of Topliss-reactive ketones (excluding diaryl/α,β-unsaturated/α-hetero) is 1. The molecule has 0 radical (unpaired) electrons. The van der Waals surface area contributed by atoms with Crippen LogP contribution in [-0.4, -0.2) is 18.9 Å². The molecule has 1 aromatic rings. The zero-order chi connectivity index (χ0) is 13.7. The summed E-state index contributed by atoms with van der Waals surface area (Å²) in [7, 11) is 1.57. The summed E-state index contributed by atoms with van der Waals surface area (Å²) >= 11 is 5.92. The predicted octanol–water partition coefficient (Wildman–Crippen LogP) is 2.83.